The van der Waals surface area contributed by atoms with Crippen LogP contribution in [0.1, 0.15) is 34.6 Å². The highest BCUT2D eigenvalue weighted by Gasteiger charge is 2.33. The van der Waals surface area contributed by atoms with Gasteiger partial charge in [-0.3, -0.25) is 9.59 Å². The second-order valence-electron chi connectivity index (χ2n) is 10.1. The average Bonchev–Trinajstić information content (AvgIpc) is 3.45. The van der Waals surface area contributed by atoms with E-state index in [-0.39, 0.29) is 23.7 Å². The quantitative estimate of drug-likeness (QED) is 0.185. The summed E-state index contributed by atoms with van der Waals surface area (Å²) in [6, 6.07) is 26.8. The minimum Gasteiger partial charge on any atom is -0.493 e. The molecule has 2 aliphatic rings. The van der Waals surface area contributed by atoms with Crippen molar-refractivity contribution >= 4 is 16.9 Å². The van der Waals surface area contributed by atoms with E-state index in [0.29, 0.717) is 40.2 Å². The van der Waals surface area contributed by atoms with Crippen LogP contribution in [-0.4, -0.2) is 19.2 Å². The van der Waals surface area contributed by atoms with Crippen LogP contribution >= 0.6 is 0 Å². The highest BCUT2D eigenvalue weighted by Crippen LogP contribution is 2.45. The Morgan fingerprint density at radius 3 is 2.60 bits per heavy atom. The number of hydrogen-bond acceptors (Lipinski definition) is 6. The van der Waals surface area contributed by atoms with Crippen molar-refractivity contribution < 1.29 is 23.4 Å². The molecule has 198 valence electrons. The standard InChI is InChI=1S/C34H26O6/c35-31-19-26(24-8-4-5-9-29(24)38-16-14-21-10-12-28-23(18-21)15-17-37-28)32-30(40-31)13-11-25-33(36)27(20-39-34(25)32)22-6-2-1-3-7-22/h1-13,18,20,26H,14-17,19H2. The number of para-hydroxylation sites is 1. The number of carbonyl (C=O) groups is 1. The van der Waals surface area contributed by atoms with Crippen molar-refractivity contribution in [3.63, 3.8) is 0 Å². The lowest BCUT2D eigenvalue weighted by Crippen LogP contribution is -2.22. The number of esters is 1. The molecule has 0 bridgehead atoms. The van der Waals surface area contributed by atoms with Gasteiger partial charge in [0.05, 0.1) is 30.6 Å². The molecule has 2 aliphatic heterocycles. The molecule has 5 aromatic rings. The van der Waals surface area contributed by atoms with Gasteiger partial charge >= 0.3 is 5.97 Å². The molecule has 4 aromatic carbocycles. The van der Waals surface area contributed by atoms with Crippen LogP contribution in [0.5, 0.6) is 17.2 Å². The molecule has 0 amide bonds. The Labute approximate surface area is 230 Å². The van der Waals surface area contributed by atoms with E-state index in [1.165, 1.54) is 17.4 Å². The van der Waals surface area contributed by atoms with Gasteiger partial charge in [0, 0.05) is 29.9 Å². The van der Waals surface area contributed by atoms with Crippen molar-refractivity contribution in [2.45, 2.75) is 25.2 Å². The maximum Gasteiger partial charge on any atom is 0.312 e. The highest BCUT2D eigenvalue weighted by molar-refractivity contribution is 5.90. The molecular weight excluding hydrogens is 504 g/mol. The minimum absolute atomic E-state index is 0.113. The van der Waals surface area contributed by atoms with Crippen LogP contribution < -0.4 is 19.6 Å². The number of ether oxygens (including phenoxy) is 3. The van der Waals surface area contributed by atoms with Gasteiger partial charge in [0.25, 0.3) is 0 Å². The fourth-order valence-electron chi connectivity index (χ4n) is 5.71. The predicted octanol–water partition coefficient (Wildman–Crippen LogP) is 6.46. The first-order valence-corrected chi connectivity index (χ1v) is 13.5. The van der Waals surface area contributed by atoms with E-state index >= 15 is 0 Å². The molecule has 1 unspecified atom stereocenters. The average molecular weight is 531 g/mol. The van der Waals surface area contributed by atoms with Crippen LogP contribution in [0.2, 0.25) is 0 Å². The maximum absolute atomic E-state index is 13.5. The van der Waals surface area contributed by atoms with Crippen LogP contribution in [0.15, 0.2) is 100 Å². The van der Waals surface area contributed by atoms with E-state index in [4.69, 9.17) is 18.6 Å². The Bertz CT molecular complexity index is 1800. The zero-order valence-electron chi connectivity index (χ0n) is 21.7. The SMILES string of the molecule is O=C1CC(c2ccccc2OCCc2ccc3c(c2)CCO3)c2c(ccc3c(=O)c(-c4ccccc4)coc23)O1. The summed E-state index contributed by atoms with van der Waals surface area (Å²) >= 11 is 0. The molecule has 1 atom stereocenters. The summed E-state index contributed by atoms with van der Waals surface area (Å²) in [4.78, 5) is 26.2. The van der Waals surface area contributed by atoms with Gasteiger partial charge in [0.2, 0.25) is 5.43 Å². The normalized spacial score (nSPS) is 15.7. The lowest BCUT2D eigenvalue weighted by atomic mass is 9.84. The molecule has 6 nitrogen and oxygen atoms in total. The maximum atomic E-state index is 13.5. The molecule has 0 aliphatic carbocycles. The summed E-state index contributed by atoms with van der Waals surface area (Å²) in [5, 5.41) is 0.446. The van der Waals surface area contributed by atoms with E-state index in [1.54, 1.807) is 12.1 Å². The van der Waals surface area contributed by atoms with Gasteiger partial charge in [0.15, 0.2) is 0 Å². The van der Waals surface area contributed by atoms with Crippen LogP contribution in [0.25, 0.3) is 22.1 Å². The zero-order valence-corrected chi connectivity index (χ0v) is 21.7. The summed E-state index contributed by atoms with van der Waals surface area (Å²) in [6.45, 7) is 1.21. The molecular formula is C34H26O6. The van der Waals surface area contributed by atoms with Gasteiger partial charge in [-0.1, -0.05) is 60.7 Å². The minimum atomic E-state index is -0.390. The van der Waals surface area contributed by atoms with E-state index < -0.39 is 0 Å². The van der Waals surface area contributed by atoms with Crippen molar-refractivity contribution in [2.24, 2.45) is 0 Å². The van der Waals surface area contributed by atoms with Crippen molar-refractivity contribution in [3.8, 4) is 28.4 Å². The summed E-state index contributed by atoms with van der Waals surface area (Å²) in [7, 11) is 0. The molecule has 0 N–H and O–H groups in total. The highest BCUT2D eigenvalue weighted by atomic mass is 16.5. The monoisotopic (exact) mass is 530 g/mol. The number of benzene rings is 4. The lowest BCUT2D eigenvalue weighted by molar-refractivity contribution is -0.135. The summed E-state index contributed by atoms with van der Waals surface area (Å²) in [5.41, 5.74) is 5.53. The first kappa shape index (κ1) is 24.2. The van der Waals surface area contributed by atoms with Crippen LogP contribution in [-0.2, 0) is 17.6 Å². The fraction of sp³-hybridized carbons (Fsp3) is 0.176. The van der Waals surface area contributed by atoms with E-state index in [0.717, 1.165) is 36.3 Å². The summed E-state index contributed by atoms with van der Waals surface area (Å²) in [5.74, 6) is 1.33. The fourth-order valence-corrected chi connectivity index (χ4v) is 5.71. The van der Waals surface area contributed by atoms with Gasteiger partial charge in [0.1, 0.15) is 29.1 Å². The van der Waals surface area contributed by atoms with E-state index in [1.807, 2.05) is 60.7 Å². The van der Waals surface area contributed by atoms with Crippen molar-refractivity contribution in [1.82, 2.24) is 0 Å². The second-order valence-corrected chi connectivity index (χ2v) is 10.1. The molecule has 0 saturated carbocycles. The van der Waals surface area contributed by atoms with Gasteiger partial charge in [-0.15, -0.1) is 0 Å². The second kappa shape index (κ2) is 10.0. The molecule has 0 radical (unpaired) electrons. The van der Waals surface area contributed by atoms with E-state index in [2.05, 4.69) is 12.1 Å². The largest absolute Gasteiger partial charge is 0.493 e. The van der Waals surface area contributed by atoms with Gasteiger partial charge in [-0.25, -0.2) is 0 Å². The zero-order chi connectivity index (χ0) is 27.1. The molecule has 6 heteroatoms. The number of carbonyl (C=O) groups excluding carboxylic acids is 1. The molecule has 0 saturated heterocycles. The topological polar surface area (TPSA) is 75.0 Å². The Hall–Kier alpha value is -4.84. The van der Waals surface area contributed by atoms with Crippen molar-refractivity contribution in [1.29, 1.82) is 0 Å². The number of hydrogen-bond donors (Lipinski definition) is 0. The Morgan fingerprint density at radius 2 is 1.70 bits per heavy atom. The van der Waals surface area contributed by atoms with E-state index in [9.17, 15) is 9.59 Å². The summed E-state index contributed by atoms with van der Waals surface area (Å²) < 4.78 is 23.7. The number of rotatable bonds is 6. The molecule has 0 spiro atoms. The Kier molecular flexibility index (Phi) is 6.08. The van der Waals surface area contributed by atoms with Crippen LogP contribution in [0, 0.1) is 0 Å². The van der Waals surface area contributed by atoms with Crippen molar-refractivity contribution in [2.75, 3.05) is 13.2 Å². The van der Waals surface area contributed by atoms with Gasteiger partial charge in [-0.05, 0) is 41.0 Å². The Morgan fingerprint density at radius 1 is 0.875 bits per heavy atom. The van der Waals surface area contributed by atoms with Crippen LogP contribution in [0.4, 0.5) is 0 Å². The first-order chi connectivity index (χ1) is 19.7. The third kappa shape index (κ3) is 4.31. The van der Waals surface area contributed by atoms with Crippen molar-refractivity contribution in [3.05, 3.63) is 124 Å². The predicted molar refractivity (Wildman–Crippen MR) is 151 cm³/mol. The smallest absolute Gasteiger partial charge is 0.312 e. The van der Waals surface area contributed by atoms with Gasteiger partial charge in [-0.2, -0.15) is 0 Å². The summed E-state index contributed by atoms with van der Waals surface area (Å²) in [6.07, 6.45) is 3.28. The molecule has 7 rings (SSSR count). The van der Waals surface area contributed by atoms with Gasteiger partial charge < -0.3 is 18.6 Å². The third-order valence-electron chi connectivity index (χ3n) is 7.66. The van der Waals surface area contributed by atoms with Crippen LogP contribution in [0.3, 0.4) is 0 Å². The molecule has 0 fully saturated rings. The lowest BCUT2D eigenvalue weighted by Gasteiger charge is -2.27. The first-order valence-electron chi connectivity index (χ1n) is 13.5. The third-order valence-corrected chi connectivity index (χ3v) is 7.66. The molecule has 1 aromatic heterocycles. The molecule has 3 heterocycles. The Balaban J connectivity index is 1.24. The molecule has 40 heavy (non-hydrogen) atoms. The number of fused-ring (bicyclic) bond motifs is 4.